The van der Waals surface area contributed by atoms with Gasteiger partial charge in [-0.05, 0) is 39.9 Å². The molecule has 112 valence electrons. The van der Waals surface area contributed by atoms with Crippen LogP contribution < -0.4 is 5.32 Å². The first-order valence-corrected chi connectivity index (χ1v) is 7.56. The minimum atomic E-state index is -0.964. The first-order valence-electron chi connectivity index (χ1n) is 7.56. The van der Waals surface area contributed by atoms with Gasteiger partial charge in [0.05, 0.1) is 6.61 Å². The Balaban J connectivity index is 1.66. The van der Waals surface area contributed by atoms with Gasteiger partial charge in [0.25, 0.3) is 0 Å². The summed E-state index contributed by atoms with van der Waals surface area (Å²) in [5.74, 6) is -0.699. The molecule has 0 aliphatic carbocycles. The molecule has 0 bridgehead atoms. The van der Waals surface area contributed by atoms with Crippen LogP contribution in [0.5, 0.6) is 0 Å². The molecular formula is C14H29N3O2. The number of likely N-dealkylation sites (N-methyl/N-ethyl adjacent to an activating group) is 1. The number of piperazine rings is 1. The lowest BCUT2D eigenvalue weighted by molar-refractivity contribution is -0.229. The van der Waals surface area contributed by atoms with Crippen LogP contribution in [0.1, 0.15) is 19.8 Å². The van der Waals surface area contributed by atoms with Crippen molar-refractivity contribution in [1.82, 2.24) is 15.1 Å². The van der Waals surface area contributed by atoms with E-state index in [1.807, 2.05) is 6.92 Å². The molecule has 19 heavy (non-hydrogen) atoms. The number of nitrogens with one attached hydrogen (secondary N) is 1. The summed E-state index contributed by atoms with van der Waals surface area (Å²) in [6.07, 6.45) is 2.00. The first kappa shape index (κ1) is 15.2. The van der Waals surface area contributed by atoms with Crippen molar-refractivity contribution in [2.45, 2.75) is 25.6 Å². The Bertz CT molecular complexity index is 259. The van der Waals surface area contributed by atoms with Gasteiger partial charge in [-0.15, -0.1) is 0 Å². The highest BCUT2D eigenvalue weighted by Gasteiger charge is 2.33. The molecule has 0 spiro atoms. The average molecular weight is 271 g/mol. The molecule has 0 radical (unpaired) electrons. The van der Waals surface area contributed by atoms with E-state index in [2.05, 4.69) is 22.2 Å². The Morgan fingerprint density at radius 1 is 1.21 bits per heavy atom. The zero-order valence-electron chi connectivity index (χ0n) is 12.4. The zero-order chi connectivity index (χ0) is 13.7. The maximum atomic E-state index is 10.4. The summed E-state index contributed by atoms with van der Waals surface area (Å²) in [4.78, 5) is 4.76. The van der Waals surface area contributed by atoms with Crippen LogP contribution in [-0.2, 0) is 4.74 Å². The fourth-order valence-electron chi connectivity index (χ4n) is 2.93. The summed E-state index contributed by atoms with van der Waals surface area (Å²) in [6.45, 7) is 9.83. The van der Waals surface area contributed by atoms with Crippen molar-refractivity contribution < 1.29 is 9.84 Å². The van der Waals surface area contributed by atoms with Crippen molar-refractivity contribution in [2.75, 3.05) is 59.5 Å². The molecule has 0 saturated carbocycles. The lowest BCUT2D eigenvalue weighted by atomic mass is 9.90. The van der Waals surface area contributed by atoms with E-state index < -0.39 is 5.79 Å². The highest BCUT2D eigenvalue weighted by molar-refractivity contribution is 4.79. The molecule has 0 aromatic rings. The van der Waals surface area contributed by atoms with E-state index in [1.165, 1.54) is 0 Å². The third-order valence-corrected chi connectivity index (χ3v) is 4.49. The fourth-order valence-corrected chi connectivity index (χ4v) is 2.93. The summed E-state index contributed by atoms with van der Waals surface area (Å²) in [6, 6.07) is 0. The van der Waals surface area contributed by atoms with E-state index >= 15 is 0 Å². The van der Waals surface area contributed by atoms with E-state index in [-0.39, 0.29) is 5.92 Å². The van der Waals surface area contributed by atoms with Gasteiger partial charge in [0.1, 0.15) is 0 Å². The van der Waals surface area contributed by atoms with Gasteiger partial charge in [-0.3, -0.25) is 4.90 Å². The number of hydrogen-bond donors (Lipinski definition) is 2. The van der Waals surface area contributed by atoms with Crippen molar-refractivity contribution in [3.05, 3.63) is 0 Å². The largest absolute Gasteiger partial charge is 0.365 e. The first-order chi connectivity index (χ1) is 9.08. The summed E-state index contributed by atoms with van der Waals surface area (Å²) >= 11 is 0. The van der Waals surface area contributed by atoms with Gasteiger partial charge in [0.2, 0.25) is 0 Å². The average Bonchev–Trinajstić information content (AvgIpc) is 2.42. The van der Waals surface area contributed by atoms with Crippen LogP contribution in [-0.4, -0.2) is 80.2 Å². The highest BCUT2D eigenvalue weighted by atomic mass is 16.6. The molecule has 2 rings (SSSR count). The monoisotopic (exact) mass is 271 g/mol. The van der Waals surface area contributed by atoms with Gasteiger partial charge in [-0.1, -0.05) is 0 Å². The molecule has 2 saturated heterocycles. The maximum absolute atomic E-state index is 10.4. The van der Waals surface area contributed by atoms with Crippen LogP contribution in [0.3, 0.4) is 0 Å². The molecule has 1 atom stereocenters. The second-order valence-electron chi connectivity index (χ2n) is 6.07. The van der Waals surface area contributed by atoms with Crippen LogP contribution in [0.15, 0.2) is 0 Å². The highest BCUT2D eigenvalue weighted by Crippen LogP contribution is 2.26. The predicted molar refractivity (Wildman–Crippen MR) is 76.1 cm³/mol. The minimum Gasteiger partial charge on any atom is -0.365 e. The molecule has 0 aromatic carbocycles. The molecule has 0 aromatic heterocycles. The summed E-state index contributed by atoms with van der Waals surface area (Å²) in [5, 5.41) is 13.8. The van der Waals surface area contributed by atoms with Crippen molar-refractivity contribution in [2.24, 2.45) is 5.92 Å². The van der Waals surface area contributed by atoms with Crippen molar-refractivity contribution in [3.63, 3.8) is 0 Å². The predicted octanol–water partition coefficient (Wildman–Crippen LogP) is -0.0415. The standard InChI is InChI=1S/C14H29N3O2/c1-14(18,13-3-5-15-6-4-13)19-12-11-17-9-7-16(2)8-10-17/h13,15,18H,3-12H2,1-2H3. The van der Waals surface area contributed by atoms with Crippen LogP contribution >= 0.6 is 0 Å². The number of rotatable bonds is 5. The van der Waals surface area contributed by atoms with Crippen LogP contribution in [0.2, 0.25) is 0 Å². The van der Waals surface area contributed by atoms with Gasteiger partial charge in [0, 0.05) is 38.6 Å². The third kappa shape index (κ3) is 4.68. The number of piperidine rings is 1. The molecule has 5 heteroatoms. The molecule has 2 fully saturated rings. The smallest absolute Gasteiger partial charge is 0.165 e. The zero-order valence-corrected chi connectivity index (χ0v) is 12.4. The van der Waals surface area contributed by atoms with Crippen LogP contribution in [0.25, 0.3) is 0 Å². The SMILES string of the molecule is CN1CCN(CCOC(C)(O)C2CCNCC2)CC1. The third-order valence-electron chi connectivity index (χ3n) is 4.49. The summed E-state index contributed by atoms with van der Waals surface area (Å²) in [5.41, 5.74) is 0. The quantitative estimate of drug-likeness (QED) is 0.687. The molecule has 5 nitrogen and oxygen atoms in total. The fraction of sp³-hybridized carbons (Fsp3) is 1.00. The van der Waals surface area contributed by atoms with Crippen molar-refractivity contribution in [1.29, 1.82) is 0 Å². The van der Waals surface area contributed by atoms with Crippen LogP contribution in [0.4, 0.5) is 0 Å². The maximum Gasteiger partial charge on any atom is 0.165 e. The van der Waals surface area contributed by atoms with E-state index in [1.54, 1.807) is 0 Å². The normalized spacial score (nSPS) is 27.3. The Labute approximate surface area is 116 Å². The Kier molecular flexibility index (Phi) is 5.59. The number of aliphatic hydroxyl groups is 1. The van der Waals surface area contributed by atoms with E-state index in [9.17, 15) is 5.11 Å². The van der Waals surface area contributed by atoms with Gasteiger partial charge >= 0.3 is 0 Å². The van der Waals surface area contributed by atoms with Gasteiger partial charge in [-0.2, -0.15) is 0 Å². The minimum absolute atomic E-state index is 0.265. The van der Waals surface area contributed by atoms with E-state index in [0.717, 1.165) is 58.7 Å². The number of nitrogens with zero attached hydrogens (tertiary/aromatic N) is 2. The summed E-state index contributed by atoms with van der Waals surface area (Å²) in [7, 11) is 2.16. The van der Waals surface area contributed by atoms with Crippen molar-refractivity contribution >= 4 is 0 Å². The molecule has 1 unspecified atom stereocenters. The lowest BCUT2D eigenvalue weighted by Crippen LogP contribution is -2.47. The second-order valence-corrected chi connectivity index (χ2v) is 6.07. The second kappa shape index (κ2) is 6.99. The van der Waals surface area contributed by atoms with Crippen molar-refractivity contribution in [3.8, 4) is 0 Å². The summed E-state index contributed by atoms with van der Waals surface area (Å²) < 4.78 is 5.77. The van der Waals surface area contributed by atoms with Gasteiger partial charge < -0.3 is 20.1 Å². The topological polar surface area (TPSA) is 48.0 Å². The molecular weight excluding hydrogens is 242 g/mol. The van der Waals surface area contributed by atoms with Crippen LogP contribution in [0, 0.1) is 5.92 Å². The lowest BCUT2D eigenvalue weighted by Gasteiger charge is -2.37. The number of ether oxygens (including phenoxy) is 1. The van der Waals surface area contributed by atoms with Gasteiger partial charge in [0.15, 0.2) is 5.79 Å². The van der Waals surface area contributed by atoms with Gasteiger partial charge in [-0.25, -0.2) is 0 Å². The van der Waals surface area contributed by atoms with E-state index in [0.29, 0.717) is 6.61 Å². The number of hydrogen-bond acceptors (Lipinski definition) is 5. The Morgan fingerprint density at radius 2 is 1.84 bits per heavy atom. The molecule has 2 N–H and O–H groups in total. The molecule has 2 aliphatic rings. The Hall–Kier alpha value is -0.200. The Morgan fingerprint density at radius 3 is 2.47 bits per heavy atom. The molecule has 2 heterocycles. The van der Waals surface area contributed by atoms with E-state index in [4.69, 9.17) is 4.74 Å². The molecule has 0 amide bonds. The molecule has 2 aliphatic heterocycles.